The fourth-order valence-electron chi connectivity index (χ4n) is 2.96. The van der Waals surface area contributed by atoms with E-state index in [1.54, 1.807) is 24.3 Å². The lowest BCUT2D eigenvalue weighted by atomic mass is 10.2. The first-order valence-electron chi connectivity index (χ1n) is 14.3. The van der Waals surface area contributed by atoms with Gasteiger partial charge >= 0.3 is 5.97 Å². The van der Waals surface area contributed by atoms with Gasteiger partial charge in [0, 0.05) is 0 Å². The van der Waals surface area contributed by atoms with Gasteiger partial charge in [0.2, 0.25) is 0 Å². The third kappa shape index (κ3) is 26.7. The Kier molecular flexibility index (Phi) is 28.7. The molecule has 0 N–H and O–H groups in total. The number of carbonyl (C=O) groups excluding carboxylic acids is 1. The van der Waals surface area contributed by atoms with Crippen LogP contribution < -0.4 is 0 Å². The summed E-state index contributed by atoms with van der Waals surface area (Å²) in [5.74, 6) is 2.04. The van der Waals surface area contributed by atoms with Crippen LogP contribution in [0.4, 0.5) is 0 Å². The lowest BCUT2D eigenvalue weighted by Crippen LogP contribution is -2.15. The van der Waals surface area contributed by atoms with Gasteiger partial charge in [-0.25, -0.2) is 4.79 Å². The molecule has 0 heterocycles. The molecule has 240 valence electrons. The zero-order valence-corrected chi connectivity index (χ0v) is 24.7. The molecular weight excluding hydrogens is 552 g/mol. The van der Waals surface area contributed by atoms with E-state index in [-0.39, 0.29) is 12.6 Å². The second kappa shape index (κ2) is 31.8. The predicted molar refractivity (Wildman–Crippen MR) is 154 cm³/mol. The van der Waals surface area contributed by atoms with Crippen molar-refractivity contribution in [3.63, 3.8) is 0 Å². The minimum Gasteiger partial charge on any atom is -0.460 e. The highest BCUT2D eigenvalue weighted by atomic mass is 16.6. The number of esters is 1. The summed E-state index contributed by atoms with van der Waals surface area (Å²) in [5.41, 5.74) is 0.525. The van der Waals surface area contributed by atoms with Gasteiger partial charge in [0.25, 0.3) is 0 Å². The van der Waals surface area contributed by atoms with E-state index in [9.17, 15) is 4.79 Å². The van der Waals surface area contributed by atoms with E-state index in [1.807, 2.05) is 6.07 Å². The maximum Gasteiger partial charge on any atom is 0.338 e. The summed E-state index contributed by atoms with van der Waals surface area (Å²) in [7, 11) is 0. The van der Waals surface area contributed by atoms with Crippen LogP contribution in [0.15, 0.2) is 30.3 Å². The number of hydrogen-bond donors (Lipinski definition) is 0. The van der Waals surface area contributed by atoms with Gasteiger partial charge in [0.05, 0.1) is 131 Å². The highest BCUT2D eigenvalue weighted by molar-refractivity contribution is 5.89. The summed E-state index contributed by atoms with van der Waals surface area (Å²) in [6.45, 7) is 9.60. The zero-order valence-electron chi connectivity index (χ0n) is 24.7. The van der Waals surface area contributed by atoms with Gasteiger partial charge in [-0.2, -0.15) is 0 Å². The zero-order chi connectivity index (χ0) is 30.0. The van der Waals surface area contributed by atoms with Crippen molar-refractivity contribution in [2.24, 2.45) is 0 Å². The minimum absolute atomic E-state index is 0.202. The van der Waals surface area contributed by atoms with Crippen LogP contribution in [0.3, 0.4) is 0 Å². The van der Waals surface area contributed by atoms with E-state index in [4.69, 9.17) is 58.5 Å². The minimum atomic E-state index is -0.357. The normalized spacial score (nSPS) is 11.0. The molecular formula is C30H48O12. The van der Waals surface area contributed by atoms with E-state index in [2.05, 4.69) is 5.92 Å². The molecule has 0 fully saturated rings. The van der Waals surface area contributed by atoms with E-state index in [1.165, 1.54) is 0 Å². The molecule has 0 saturated carbocycles. The molecule has 1 rings (SSSR count). The van der Waals surface area contributed by atoms with E-state index in [0.29, 0.717) is 138 Å². The summed E-state index contributed by atoms with van der Waals surface area (Å²) >= 11 is 0. The highest BCUT2D eigenvalue weighted by Gasteiger charge is 2.05. The lowest BCUT2D eigenvalue weighted by molar-refractivity contribution is -0.0268. The van der Waals surface area contributed by atoms with Gasteiger partial charge < -0.3 is 52.1 Å². The number of ether oxygens (including phenoxy) is 11. The van der Waals surface area contributed by atoms with Crippen molar-refractivity contribution in [2.45, 2.75) is 0 Å². The number of benzene rings is 1. The molecule has 0 aliphatic heterocycles. The first kappa shape index (κ1) is 37.9. The summed E-state index contributed by atoms with van der Waals surface area (Å²) in [6, 6.07) is 8.84. The maximum atomic E-state index is 11.8. The van der Waals surface area contributed by atoms with Crippen LogP contribution in [0.1, 0.15) is 10.4 Å². The Bertz CT molecular complexity index is 744. The molecule has 0 aliphatic rings. The Balaban J connectivity index is 1.64. The average molecular weight is 601 g/mol. The molecule has 0 aliphatic carbocycles. The summed E-state index contributed by atoms with van der Waals surface area (Å²) in [4.78, 5) is 11.8. The number of terminal acetylenes is 1. The fourth-order valence-corrected chi connectivity index (χ4v) is 2.96. The van der Waals surface area contributed by atoms with Gasteiger partial charge in [-0.1, -0.05) is 24.1 Å². The third-order valence-corrected chi connectivity index (χ3v) is 5.00. The Hall–Kier alpha value is -2.15. The average Bonchev–Trinajstić information content (AvgIpc) is 3.02. The number of carbonyl (C=O) groups is 1. The van der Waals surface area contributed by atoms with Gasteiger partial charge in [-0.05, 0) is 12.1 Å². The van der Waals surface area contributed by atoms with Gasteiger partial charge in [-0.15, -0.1) is 6.42 Å². The summed E-state index contributed by atoms with van der Waals surface area (Å²) in [5, 5.41) is 0. The Morgan fingerprint density at radius 2 is 0.738 bits per heavy atom. The molecule has 0 spiro atoms. The van der Waals surface area contributed by atoms with Crippen molar-refractivity contribution < 1.29 is 56.9 Å². The highest BCUT2D eigenvalue weighted by Crippen LogP contribution is 2.00. The van der Waals surface area contributed by atoms with Gasteiger partial charge in [-0.3, -0.25) is 0 Å². The molecule has 0 bridgehead atoms. The van der Waals surface area contributed by atoms with Crippen molar-refractivity contribution in [1.82, 2.24) is 0 Å². The van der Waals surface area contributed by atoms with Crippen molar-refractivity contribution in [1.29, 1.82) is 0 Å². The molecule has 0 amide bonds. The molecule has 42 heavy (non-hydrogen) atoms. The Morgan fingerprint density at radius 3 is 1.05 bits per heavy atom. The van der Waals surface area contributed by atoms with Crippen molar-refractivity contribution in [3.8, 4) is 12.3 Å². The van der Waals surface area contributed by atoms with Crippen LogP contribution in [0.25, 0.3) is 0 Å². The lowest BCUT2D eigenvalue weighted by Gasteiger charge is -2.09. The van der Waals surface area contributed by atoms with E-state index in [0.717, 1.165) is 0 Å². The standard InChI is InChI=1S/C30H48O12/c1-2-8-32-9-10-33-11-12-34-13-14-35-15-16-36-17-18-37-19-20-38-21-22-39-23-24-40-25-26-41-27-28-42-30(31)29-6-4-3-5-7-29/h1,3-7H,8-28H2. The van der Waals surface area contributed by atoms with Crippen LogP contribution in [0, 0.1) is 12.3 Å². The van der Waals surface area contributed by atoms with Crippen LogP contribution in [-0.2, 0) is 52.1 Å². The molecule has 12 nitrogen and oxygen atoms in total. The first-order chi connectivity index (χ1) is 20.8. The SMILES string of the molecule is C#CCOCCOCCOCCOCCOCCOCCOCCOCCOCCOCCOC(=O)c1ccccc1. The van der Waals surface area contributed by atoms with E-state index >= 15 is 0 Å². The van der Waals surface area contributed by atoms with Crippen molar-refractivity contribution in [2.75, 3.05) is 139 Å². The van der Waals surface area contributed by atoms with Crippen molar-refractivity contribution >= 4 is 5.97 Å². The topological polar surface area (TPSA) is 119 Å². The summed E-state index contributed by atoms with van der Waals surface area (Å²) in [6.07, 6.45) is 5.07. The predicted octanol–water partition coefficient (Wildman–Crippen LogP) is 1.64. The number of rotatable bonds is 32. The smallest absolute Gasteiger partial charge is 0.338 e. The van der Waals surface area contributed by atoms with Crippen LogP contribution >= 0.6 is 0 Å². The number of hydrogen-bond acceptors (Lipinski definition) is 12. The molecule has 1 aromatic rings. The molecule has 1 aromatic carbocycles. The quantitative estimate of drug-likeness (QED) is 0.0680. The van der Waals surface area contributed by atoms with Crippen molar-refractivity contribution in [3.05, 3.63) is 35.9 Å². The summed E-state index contributed by atoms with van der Waals surface area (Å²) < 4.78 is 59.0. The monoisotopic (exact) mass is 600 g/mol. The first-order valence-corrected chi connectivity index (χ1v) is 14.3. The molecule has 12 heteroatoms. The fraction of sp³-hybridized carbons (Fsp3) is 0.700. The maximum absolute atomic E-state index is 11.8. The second-order valence-corrected chi connectivity index (χ2v) is 8.27. The van der Waals surface area contributed by atoms with E-state index < -0.39 is 0 Å². The molecule has 0 atom stereocenters. The van der Waals surface area contributed by atoms with Crippen LogP contribution in [0.5, 0.6) is 0 Å². The molecule has 0 aromatic heterocycles. The molecule has 0 unspecified atom stereocenters. The van der Waals surface area contributed by atoms with Crippen LogP contribution in [-0.4, -0.2) is 145 Å². The van der Waals surface area contributed by atoms with Gasteiger partial charge in [0.15, 0.2) is 0 Å². The molecule has 0 radical (unpaired) electrons. The Labute approximate surface area is 250 Å². The Morgan fingerprint density at radius 1 is 0.452 bits per heavy atom. The largest absolute Gasteiger partial charge is 0.460 e. The second-order valence-electron chi connectivity index (χ2n) is 8.27. The third-order valence-electron chi connectivity index (χ3n) is 5.00. The van der Waals surface area contributed by atoms with Crippen LogP contribution in [0.2, 0.25) is 0 Å². The van der Waals surface area contributed by atoms with Gasteiger partial charge in [0.1, 0.15) is 13.2 Å². The molecule has 0 saturated heterocycles.